The molecule has 0 bridgehead atoms. The molecule has 0 aromatic carbocycles. The second kappa shape index (κ2) is 7.78. The highest BCUT2D eigenvalue weighted by Gasteiger charge is 2.08. The number of carbonyl (C=O) groups excluding carboxylic acids is 2. The fourth-order valence-corrected chi connectivity index (χ4v) is 0.951. The van der Waals surface area contributed by atoms with Gasteiger partial charge in [-0.05, 0) is 12.8 Å². The van der Waals surface area contributed by atoms with Crippen LogP contribution < -0.4 is 5.32 Å². The number of amides is 1. The number of nitrogens with one attached hydrogen (secondary N) is 1. The molecule has 0 aliphatic rings. The van der Waals surface area contributed by atoms with Crippen molar-refractivity contribution in [1.29, 1.82) is 0 Å². The third kappa shape index (κ3) is 7.48. The second-order valence-electron chi connectivity index (χ2n) is 2.95. The maximum Gasteiger partial charge on any atom is 0.394 e. The molecule has 0 saturated carbocycles. The summed E-state index contributed by atoms with van der Waals surface area (Å²) >= 11 is 0. The predicted octanol–water partition coefficient (Wildman–Crippen LogP) is -0.0794. The van der Waals surface area contributed by atoms with Gasteiger partial charge in [0.2, 0.25) is 0 Å². The third-order valence-electron chi connectivity index (χ3n) is 1.77. The third-order valence-corrected chi connectivity index (χ3v) is 1.77. The topological polar surface area (TPSA) is 92.7 Å². The molecule has 0 aromatic rings. The number of hydrogen-bond donors (Lipinski definition) is 2. The summed E-state index contributed by atoms with van der Waals surface area (Å²) in [6.07, 6.45) is 2.42. The van der Waals surface area contributed by atoms with E-state index in [1.54, 1.807) is 0 Å². The maximum absolute atomic E-state index is 10.7. The van der Waals surface area contributed by atoms with Crippen molar-refractivity contribution in [3.05, 3.63) is 0 Å². The maximum atomic E-state index is 10.7. The molecule has 0 atom stereocenters. The van der Waals surface area contributed by atoms with Crippen LogP contribution in [0.1, 0.15) is 25.7 Å². The molecule has 86 valence electrons. The quantitative estimate of drug-likeness (QED) is 0.369. The van der Waals surface area contributed by atoms with Crippen LogP contribution in [0.3, 0.4) is 0 Å². The molecule has 0 spiro atoms. The van der Waals surface area contributed by atoms with E-state index in [0.717, 1.165) is 6.42 Å². The van der Waals surface area contributed by atoms with E-state index in [2.05, 4.69) is 10.1 Å². The molecule has 0 heterocycles. The fraction of sp³-hybridized carbons (Fsp3) is 0.667. The summed E-state index contributed by atoms with van der Waals surface area (Å²) in [4.78, 5) is 31.3. The van der Waals surface area contributed by atoms with Gasteiger partial charge in [0.1, 0.15) is 0 Å². The van der Waals surface area contributed by atoms with E-state index in [1.807, 2.05) is 0 Å². The normalized spacial score (nSPS) is 9.40. The van der Waals surface area contributed by atoms with Crippen molar-refractivity contribution in [2.24, 2.45) is 0 Å². The van der Waals surface area contributed by atoms with E-state index in [0.29, 0.717) is 25.8 Å². The minimum Gasteiger partial charge on any atom is -0.474 e. The zero-order chi connectivity index (χ0) is 11.7. The number of methoxy groups -OCH3 is 1. The van der Waals surface area contributed by atoms with E-state index in [-0.39, 0.29) is 5.97 Å². The Morgan fingerprint density at radius 2 is 1.87 bits per heavy atom. The molecule has 0 aromatic heterocycles. The molecular weight excluding hydrogens is 202 g/mol. The van der Waals surface area contributed by atoms with Crippen molar-refractivity contribution in [3.63, 3.8) is 0 Å². The van der Waals surface area contributed by atoms with E-state index < -0.39 is 11.9 Å². The predicted molar refractivity (Wildman–Crippen MR) is 51.1 cm³/mol. The smallest absolute Gasteiger partial charge is 0.394 e. The Balaban J connectivity index is 3.29. The summed E-state index contributed by atoms with van der Waals surface area (Å²) in [7, 11) is 1.33. The zero-order valence-corrected chi connectivity index (χ0v) is 8.62. The summed E-state index contributed by atoms with van der Waals surface area (Å²) in [5.74, 6) is -2.74. The second-order valence-corrected chi connectivity index (χ2v) is 2.95. The van der Waals surface area contributed by atoms with Crippen LogP contribution in [0.4, 0.5) is 0 Å². The lowest BCUT2D eigenvalue weighted by atomic mass is 10.2. The van der Waals surface area contributed by atoms with Crippen LogP contribution in [-0.4, -0.2) is 36.6 Å². The lowest BCUT2D eigenvalue weighted by Crippen LogP contribution is -2.31. The van der Waals surface area contributed by atoms with Gasteiger partial charge in [-0.25, -0.2) is 4.79 Å². The van der Waals surface area contributed by atoms with Crippen LogP contribution >= 0.6 is 0 Å². The van der Waals surface area contributed by atoms with E-state index in [4.69, 9.17) is 5.11 Å². The summed E-state index contributed by atoms with van der Waals surface area (Å²) in [6, 6.07) is 0. The lowest BCUT2D eigenvalue weighted by Gasteiger charge is -2.01. The average Bonchev–Trinajstić information content (AvgIpc) is 2.22. The van der Waals surface area contributed by atoms with Crippen molar-refractivity contribution in [2.45, 2.75) is 25.7 Å². The van der Waals surface area contributed by atoms with Crippen molar-refractivity contribution in [1.82, 2.24) is 5.32 Å². The van der Waals surface area contributed by atoms with Crippen LogP contribution in [0, 0.1) is 0 Å². The van der Waals surface area contributed by atoms with Crippen LogP contribution in [0.5, 0.6) is 0 Å². The minimum atomic E-state index is -1.48. The highest BCUT2D eigenvalue weighted by molar-refractivity contribution is 6.31. The number of carbonyl (C=O) groups is 3. The van der Waals surface area contributed by atoms with Gasteiger partial charge in [-0.2, -0.15) is 0 Å². The molecule has 0 unspecified atom stereocenters. The standard InChI is InChI=1S/C9H15NO5/c1-15-7(11)5-3-2-4-6-10-8(12)9(13)14/h2-6H2,1H3,(H,10,12)(H,13,14). The Labute approximate surface area is 87.6 Å². The van der Waals surface area contributed by atoms with Gasteiger partial charge < -0.3 is 15.2 Å². The first-order valence-electron chi connectivity index (χ1n) is 4.66. The Morgan fingerprint density at radius 3 is 2.40 bits per heavy atom. The monoisotopic (exact) mass is 217 g/mol. The van der Waals surface area contributed by atoms with Gasteiger partial charge in [0.25, 0.3) is 0 Å². The van der Waals surface area contributed by atoms with Gasteiger partial charge >= 0.3 is 17.8 Å². The lowest BCUT2D eigenvalue weighted by molar-refractivity contribution is -0.150. The molecule has 15 heavy (non-hydrogen) atoms. The van der Waals surface area contributed by atoms with Crippen molar-refractivity contribution < 1.29 is 24.2 Å². The number of ether oxygens (including phenoxy) is 1. The fourth-order valence-electron chi connectivity index (χ4n) is 0.951. The molecule has 0 aliphatic carbocycles. The van der Waals surface area contributed by atoms with Gasteiger partial charge in [0.15, 0.2) is 0 Å². The Bertz CT molecular complexity index is 239. The van der Waals surface area contributed by atoms with Gasteiger partial charge in [-0.15, -0.1) is 0 Å². The largest absolute Gasteiger partial charge is 0.474 e. The van der Waals surface area contributed by atoms with Gasteiger partial charge in [-0.1, -0.05) is 6.42 Å². The first-order valence-corrected chi connectivity index (χ1v) is 4.66. The summed E-state index contributed by atoms with van der Waals surface area (Å²) in [5.41, 5.74) is 0. The average molecular weight is 217 g/mol. The van der Waals surface area contributed by atoms with Gasteiger partial charge in [-0.3, -0.25) is 9.59 Å². The summed E-state index contributed by atoms with van der Waals surface area (Å²) in [6.45, 7) is 0.312. The van der Waals surface area contributed by atoms with Crippen molar-refractivity contribution in [3.8, 4) is 0 Å². The molecule has 6 nitrogen and oxygen atoms in total. The first kappa shape index (κ1) is 13.4. The van der Waals surface area contributed by atoms with E-state index in [9.17, 15) is 14.4 Å². The van der Waals surface area contributed by atoms with E-state index >= 15 is 0 Å². The number of carboxylic acid groups (broad SMARTS) is 1. The van der Waals surface area contributed by atoms with Crippen molar-refractivity contribution >= 4 is 17.8 Å². The highest BCUT2D eigenvalue weighted by atomic mass is 16.5. The number of aliphatic carboxylic acids is 1. The number of esters is 1. The number of carboxylic acids is 1. The molecular formula is C9H15NO5. The van der Waals surface area contributed by atoms with Crippen LogP contribution in [0.15, 0.2) is 0 Å². The SMILES string of the molecule is COC(=O)CCCCCNC(=O)C(=O)O. The van der Waals surface area contributed by atoms with Gasteiger partial charge in [0, 0.05) is 13.0 Å². The highest BCUT2D eigenvalue weighted by Crippen LogP contribution is 1.99. The molecule has 0 aliphatic heterocycles. The number of rotatable bonds is 6. The number of hydrogen-bond acceptors (Lipinski definition) is 4. The minimum absolute atomic E-state index is 0.260. The van der Waals surface area contributed by atoms with Crippen molar-refractivity contribution in [2.75, 3.05) is 13.7 Å². The molecule has 1 amide bonds. The number of unbranched alkanes of at least 4 members (excludes halogenated alkanes) is 2. The van der Waals surface area contributed by atoms with Gasteiger partial charge in [0.05, 0.1) is 7.11 Å². The first-order chi connectivity index (χ1) is 7.07. The van der Waals surface area contributed by atoms with Crippen LogP contribution in [0.25, 0.3) is 0 Å². The van der Waals surface area contributed by atoms with E-state index in [1.165, 1.54) is 7.11 Å². The molecule has 2 N–H and O–H groups in total. The van der Waals surface area contributed by atoms with Crippen LogP contribution in [-0.2, 0) is 19.1 Å². The molecule has 0 fully saturated rings. The Kier molecular flexibility index (Phi) is 6.96. The Hall–Kier alpha value is -1.59. The molecule has 0 rings (SSSR count). The summed E-state index contributed by atoms with van der Waals surface area (Å²) < 4.78 is 4.44. The zero-order valence-electron chi connectivity index (χ0n) is 8.62. The molecule has 0 radical (unpaired) electrons. The summed E-state index contributed by atoms with van der Waals surface area (Å²) in [5, 5.41) is 10.4. The molecule has 6 heteroatoms. The Morgan fingerprint density at radius 1 is 1.20 bits per heavy atom. The molecule has 0 saturated heterocycles. The van der Waals surface area contributed by atoms with Crippen LogP contribution in [0.2, 0.25) is 0 Å².